The van der Waals surface area contributed by atoms with Crippen molar-refractivity contribution < 1.29 is 4.42 Å². The fourth-order valence-corrected chi connectivity index (χ4v) is 8.69. The second-order valence-electron chi connectivity index (χ2n) is 15.4. The van der Waals surface area contributed by atoms with E-state index in [1.807, 2.05) is 54.6 Å². The number of aromatic nitrogens is 5. The number of rotatable bonds is 7. The van der Waals surface area contributed by atoms with Crippen LogP contribution in [-0.4, -0.2) is 24.7 Å². The van der Waals surface area contributed by atoms with Crippen LogP contribution in [0, 0.1) is 0 Å². The molecule has 0 atom stereocenters. The van der Waals surface area contributed by atoms with Gasteiger partial charge in [0.2, 0.25) is 0 Å². The van der Waals surface area contributed by atoms with Crippen LogP contribution in [-0.2, 0) is 0 Å². The summed E-state index contributed by atoms with van der Waals surface area (Å²) in [5, 5.41) is 11.0. The van der Waals surface area contributed by atoms with E-state index in [0.29, 0.717) is 17.5 Å². The smallest absolute Gasteiger partial charge is 0.164 e. The third-order valence-corrected chi connectivity index (χ3v) is 11.7. The van der Waals surface area contributed by atoms with Crippen LogP contribution in [0.5, 0.6) is 0 Å². The van der Waals surface area contributed by atoms with Gasteiger partial charge in [0.15, 0.2) is 17.5 Å². The van der Waals surface area contributed by atoms with Gasteiger partial charge in [0, 0.05) is 49.4 Å². The molecule has 3 heterocycles. The second-order valence-corrected chi connectivity index (χ2v) is 15.4. The highest BCUT2D eigenvalue weighted by Gasteiger charge is 2.22. The van der Waals surface area contributed by atoms with Crippen LogP contribution in [0.3, 0.4) is 0 Å². The summed E-state index contributed by atoms with van der Waals surface area (Å²) in [6.07, 6.45) is 0. The zero-order chi connectivity index (χ0) is 41.0. The van der Waals surface area contributed by atoms with Gasteiger partial charge in [-0.3, -0.25) is 0 Å². The number of benzene rings is 9. The molecule has 6 nitrogen and oxygen atoms in total. The van der Waals surface area contributed by atoms with E-state index in [1.165, 1.54) is 0 Å². The third-order valence-electron chi connectivity index (χ3n) is 11.7. The Hall–Kier alpha value is -8.48. The van der Waals surface area contributed by atoms with Gasteiger partial charge in [-0.05, 0) is 58.5 Å². The fraction of sp³-hybridized carbons (Fsp3) is 0. The minimum atomic E-state index is 0.587. The zero-order valence-corrected chi connectivity index (χ0v) is 33.4. The Balaban J connectivity index is 0.975. The summed E-state index contributed by atoms with van der Waals surface area (Å²) in [6, 6.07) is 73.3. The summed E-state index contributed by atoms with van der Waals surface area (Å²) in [6.45, 7) is 0. The van der Waals surface area contributed by atoms with Gasteiger partial charge >= 0.3 is 0 Å². The molecule has 0 bridgehead atoms. The van der Waals surface area contributed by atoms with Crippen molar-refractivity contribution in [1.82, 2.24) is 24.7 Å². The predicted octanol–water partition coefficient (Wildman–Crippen LogP) is 14.3. The third kappa shape index (κ3) is 6.04. The van der Waals surface area contributed by atoms with Crippen LogP contribution in [0.2, 0.25) is 0 Å². The topological polar surface area (TPSA) is 69.6 Å². The molecule has 0 radical (unpaired) electrons. The molecule has 0 aliphatic carbocycles. The normalized spacial score (nSPS) is 11.5. The lowest BCUT2D eigenvalue weighted by Gasteiger charge is -2.12. The van der Waals surface area contributed by atoms with Crippen LogP contribution >= 0.6 is 0 Å². The van der Waals surface area contributed by atoms with Crippen molar-refractivity contribution in [3.63, 3.8) is 0 Å². The number of hydrogen-bond donors (Lipinski definition) is 0. The lowest BCUT2D eigenvalue weighted by atomic mass is 9.94. The molecule has 0 saturated heterocycles. The molecule has 12 rings (SSSR count). The highest BCUT2D eigenvalue weighted by atomic mass is 16.3. The maximum absolute atomic E-state index is 6.37. The van der Waals surface area contributed by atoms with E-state index in [2.05, 4.69) is 162 Å². The summed E-state index contributed by atoms with van der Waals surface area (Å²) in [4.78, 5) is 15.2. The van der Waals surface area contributed by atoms with E-state index in [0.717, 1.165) is 99.5 Å². The fourth-order valence-electron chi connectivity index (χ4n) is 8.69. The molecule has 0 aliphatic heterocycles. The van der Waals surface area contributed by atoms with E-state index in [-0.39, 0.29) is 0 Å². The Morgan fingerprint density at radius 3 is 1.55 bits per heavy atom. The molecule has 6 heteroatoms. The summed E-state index contributed by atoms with van der Waals surface area (Å²) in [5.41, 5.74) is 12.8. The van der Waals surface area contributed by atoms with Crippen LogP contribution in [0.4, 0.5) is 0 Å². The van der Waals surface area contributed by atoms with E-state index >= 15 is 0 Å². The maximum atomic E-state index is 6.37. The summed E-state index contributed by atoms with van der Waals surface area (Å²) in [7, 11) is 0. The molecule has 0 aliphatic rings. The predicted molar refractivity (Wildman–Crippen MR) is 252 cm³/mol. The molecule has 0 amide bonds. The van der Waals surface area contributed by atoms with Crippen LogP contribution < -0.4 is 0 Å². The van der Waals surface area contributed by atoms with E-state index < -0.39 is 0 Å². The monoisotopic (exact) mass is 793 g/mol. The molecule has 62 heavy (non-hydrogen) atoms. The Labute approximate surface area is 357 Å². The highest BCUT2D eigenvalue weighted by molar-refractivity contribution is 6.17. The first-order valence-electron chi connectivity index (χ1n) is 20.7. The van der Waals surface area contributed by atoms with E-state index in [9.17, 15) is 0 Å². The van der Waals surface area contributed by atoms with Gasteiger partial charge in [-0.2, -0.15) is 5.10 Å². The first kappa shape index (κ1) is 35.5. The molecular formula is C56H35N5O. The van der Waals surface area contributed by atoms with Gasteiger partial charge in [-0.1, -0.05) is 176 Å². The maximum Gasteiger partial charge on any atom is 0.164 e. The molecular weight excluding hydrogens is 759 g/mol. The average Bonchev–Trinajstić information content (AvgIpc) is 3.95. The molecule has 0 unspecified atom stereocenters. The molecule has 290 valence electrons. The van der Waals surface area contributed by atoms with Gasteiger partial charge in [-0.15, -0.1) is 0 Å². The van der Waals surface area contributed by atoms with Crippen molar-refractivity contribution in [3.05, 3.63) is 212 Å². The van der Waals surface area contributed by atoms with Crippen LogP contribution in [0.25, 0.3) is 117 Å². The lowest BCUT2D eigenvalue weighted by Crippen LogP contribution is -2.01. The molecule has 0 spiro atoms. The molecule has 12 aromatic rings. The number of hydrogen-bond acceptors (Lipinski definition) is 5. The number of furan rings is 1. The molecule has 0 saturated carbocycles. The summed E-state index contributed by atoms with van der Waals surface area (Å²) >= 11 is 0. The largest absolute Gasteiger partial charge is 0.455 e. The summed E-state index contributed by atoms with van der Waals surface area (Å²) < 4.78 is 8.46. The Morgan fingerprint density at radius 2 is 0.871 bits per heavy atom. The van der Waals surface area contributed by atoms with Gasteiger partial charge in [0.05, 0.1) is 11.2 Å². The summed E-state index contributed by atoms with van der Waals surface area (Å²) in [5.74, 6) is 1.79. The number of para-hydroxylation sites is 2. The molecule has 0 fully saturated rings. The van der Waals surface area contributed by atoms with Crippen molar-refractivity contribution in [3.8, 4) is 73.4 Å². The van der Waals surface area contributed by atoms with Crippen molar-refractivity contribution in [2.24, 2.45) is 0 Å². The Bertz CT molecular complexity index is 3600. The van der Waals surface area contributed by atoms with Gasteiger partial charge in [0.25, 0.3) is 0 Å². The zero-order valence-electron chi connectivity index (χ0n) is 33.4. The second kappa shape index (κ2) is 14.7. The SMILES string of the molecule is c1ccc(-c2nc(-c3ccc(-c4cccc5c4oc4ccccc45)cc3)nc(-c3ccc(-n4nc(-c5ccccc5)c5c(-c6ccccc6)cc6ccccc6c54)cc3)n2)cc1. The lowest BCUT2D eigenvalue weighted by molar-refractivity contribution is 0.670. The first-order valence-corrected chi connectivity index (χ1v) is 20.7. The van der Waals surface area contributed by atoms with Crippen LogP contribution in [0.15, 0.2) is 217 Å². The minimum absolute atomic E-state index is 0.587. The van der Waals surface area contributed by atoms with E-state index in [4.69, 9.17) is 24.5 Å². The van der Waals surface area contributed by atoms with Crippen molar-refractivity contribution >= 4 is 43.6 Å². The standard InChI is InChI=1S/C56H35N5O/c1-4-15-36(16-5-1)48-35-42-21-10-11-22-44(42)52-50(48)51(38-17-6-2-7-18-38)60-61(52)43-33-31-41(32-34-43)56-58-54(39-19-8-3-9-20-39)57-55(59-56)40-29-27-37(28-30-40)45-24-14-25-47-46-23-12-13-26-49(46)62-53(45)47/h1-35H. The van der Waals surface area contributed by atoms with Crippen molar-refractivity contribution in [2.45, 2.75) is 0 Å². The highest BCUT2D eigenvalue weighted by Crippen LogP contribution is 2.42. The first-order chi connectivity index (χ1) is 30.7. The quantitative estimate of drug-likeness (QED) is 0.161. The van der Waals surface area contributed by atoms with Gasteiger partial charge < -0.3 is 4.42 Å². The van der Waals surface area contributed by atoms with Crippen molar-refractivity contribution in [1.29, 1.82) is 0 Å². The molecule has 3 aromatic heterocycles. The number of nitrogens with zero attached hydrogens (tertiary/aromatic N) is 5. The van der Waals surface area contributed by atoms with E-state index in [1.54, 1.807) is 0 Å². The Morgan fingerprint density at radius 1 is 0.371 bits per heavy atom. The Kier molecular flexibility index (Phi) is 8.38. The minimum Gasteiger partial charge on any atom is -0.455 e. The molecule has 0 N–H and O–H groups in total. The number of fused-ring (bicyclic) bond motifs is 6. The average molecular weight is 794 g/mol. The van der Waals surface area contributed by atoms with Crippen molar-refractivity contribution in [2.75, 3.05) is 0 Å². The van der Waals surface area contributed by atoms with Gasteiger partial charge in [0.1, 0.15) is 16.9 Å². The molecule has 9 aromatic carbocycles. The van der Waals surface area contributed by atoms with Gasteiger partial charge in [-0.25, -0.2) is 19.6 Å². The van der Waals surface area contributed by atoms with Crippen LogP contribution in [0.1, 0.15) is 0 Å².